The Labute approximate surface area is 119 Å². The molecule has 1 aromatic rings. The Morgan fingerprint density at radius 2 is 2.05 bits per heavy atom. The molecule has 20 heavy (non-hydrogen) atoms. The zero-order chi connectivity index (χ0) is 14.4. The fraction of sp³-hybridized carbons (Fsp3) is 0.769. The number of aromatic nitrogens is 3. The summed E-state index contributed by atoms with van der Waals surface area (Å²) in [5, 5.41) is 13.3. The number of rotatable bonds is 5. The van der Waals surface area contributed by atoms with Crippen LogP contribution in [0.1, 0.15) is 45.4 Å². The maximum Gasteiger partial charge on any atom is 0.323 e. The summed E-state index contributed by atoms with van der Waals surface area (Å²) < 4.78 is 5.37. The van der Waals surface area contributed by atoms with Gasteiger partial charge in [-0.15, -0.1) is 0 Å². The van der Waals surface area contributed by atoms with Gasteiger partial charge in [0.25, 0.3) is 0 Å². The fourth-order valence-electron chi connectivity index (χ4n) is 2.32. The molecule has 0 radical (unpaired) electrons. The number of nitrogens with two attached hydrogens (primary N) is 1. The molecule has 0 aliphatic heterocycles. The van der Waals surface area contributed by atoms with Gasteiger partial charge in [-0.2, -0.15) is 15.0 Å². The van der Waals surface area contributed by atoms with Crippen molar-refractivity contribution in [3.05, 3.63) is 0 Å². The van der Waals surface area contributed by atoms with Crippen molar-refractivity contribution in [1.29, 1.82) is 0 Å². The van der Waals surface area contributed by atoms with Crippen LogP contribution in [0, 0.1) is 0 Å². The van der Waals surface area contributed by atoms with Gasteiger partial charge in [0.2, 0.25) is 11.9 Å². The zero-order valence-corrected chi connectivity index (χ0v) is 11.9. The topological polar surface area (TPSA) is 106 Å². The SMILES string of the molecule is CCCOc1nc(N)nc(NC2CCCCCC2O)n1. The molecular formula is C13H23N5O2. The van der Waals surface area contributed by atoms with E-state index in [1.165, 1.54) is 0 Å². The molecule has 1 saturated carbocycles. The molecule has 1 fully saturated rings. The molecule has 2 atom stereocenters. The van der Waals surface area contributed by atoms with Gasteiger partial charge in [0, 0.05) is 0 Å². The lowest BCUT2D eigenvalue weighted by Crippen LogP contribution is -2.33. The van der Waals surface area contributed by atoms with E-state index in [9.17, 15) is 5.11 Å². The third kappa shape index (κ3) is 4.19. The highest BCUT2D eigenvalue weighted by Gasteiger charge is 2.22. The number of aliphatic hydroxyl groups is 1. The lowest BCUT2D eigenvalue weighted by atomic mass is 10.1. The predicted octanol–water partition coefficient (Wildman–Crippen LogP) is 1.35. The predicted molar refractivity (Wildman–Crippen MR) is 76.5 cm³/mol. The van der Waals surface area contributed by atoms with Crippen molar-refractivity contribution in [3.8, 4) is 6.01 Å². The highest BCUT2D eigenvalue weighted by molar-refractivity contribution is 5.34. The summed E-state index contributed by atoms with van der Waals surface area (Å²) in [5.74, 6) is 0.492. The van der Waals surface area contributed by atoms with Crippen LogP contribution in [0.4, 0.5) is 11.9 Å². The largest absolute Gasteiger partial charge is 0.463 e. The van der Waals surface area contributed by atoms with Crippen molar-refractivity contribution in [2.45, 2.75) is 57.6 Å². The van der Waals surface area contributed by atoms with Gasteiger partial charge < -0.3 is 20.9 Å². The van der Waals surface area contributed by atoms with Crippen molar-refractivity contribution in [3.63, 3.8) is 0 Å². The Morgan fingerprint density at radius 3 is 2.85 bits per heavy atom. The number of nitrogen functional groups attached to an aromatic ring is 1. The van der Waals surface area contributed by atoms with Crippen LogP contribution in [0.25, 0.3) is 0 Å². The summed E-state index contributed by atoms with van der Waals surface area (Å²) >= 11 is 0. The van der Waals surface area contributed by atoms with Gasteiger partial charge in [0.05, 0.1) is 18.8 Å². The van der Waals surface area contributed by atoms with Crippen LogP contribution in [0.5, 0.6) is 6.01 Å². The summed E-state index contributed by atoms with van der Waals surface area (Å²) in [7, 11) is 0. The Morgan fingerprint density at radius 1 is 1.25 bits per heavy atom. The van der Waals surface area contributed by atoms with Crippen LogP contribution in [0.2, 0.25) is 0 Å². The minimum absolute atomic E-state index is 0.0432. The van der Waals surface area contributed by atoms with E-state index >= 15 is 0 Å². The lowest BCUT2D eigenvalue weighted by Gasteiger charge is -2.21. The molecule has 0 bridgehead atoms. The second kappa shape index (κ2) is 7.23. The first-order valence-corrected chi connectivity index (χ1v) is 7.28. The standard InChI is InChI=1S/C13H23N5O2/c1-2-8-20-13-17-11(14)16-12(18-13)15-9-6-4-3-5-7-10(9)19/h9-10,19H,2-8H2,1H3,(H3,14,15,16,17,18). The number of hydrogen-bond acceptors (Lipinski definition) is 7. The number of nitrogens with one attached hydrogen (secondary N) is 1. The monoisotopic (exact) mass is 281 g/mol. The normalized spacial score (nSPS) is 23.1. The van der Waals surface area contributed by atoms with Gasteiger partial charge >= 0.3 is 6.01 Å². The number of anilines is 2. The Balaban J connectivity index is 2.05. The summed E-state index contributed by atoms with van der Waals surface area (Å²) in [6.45, 7) is 2.54. The third-order valence-corrected chi connectivity index (χ3v) is 3.36. The number of ether oxygens (including phenoxy) is 1. The molecule has 112 valence electrons. The molecule has 7 heteroatoms. The van der Waals surface area contributed by atoms with E-state index in [0.29, 0.717) is 12.6 Å². The van der Waals surface area contributed by atoms with Gasteiger partial charge in [-0.25, -0.2) is 0 Å². The van der Waals surface area contributed by atoms with Crippen LogP contribution in [0.3, 0.4) is 0 Å². The molecule has 1 aromatic heterocycles. The number of hydrogen-bond donors (Lipinski definition) is 3. The first-order chi connectivity index (χ1) is 9.69. The maximum atomic E-state index is 10.1. The smallest absolute Gasteiger partial charge is 0.323 e. The van der Waals surface area contributed by atoms with Crippen LogP contribution >= 0.6 is 0 Å². The van der Waals surface area contributed by atoms with Crippen LogP contribution in [0.15, 0.2) is 0 Å². The Bertz CT molecular complexity index is 429. The number of nitrogens with zero attached hydrogens (tertiary/aromatic N) is 3. The van der Waals surface area contributed by atoms with E-state index in [1.807, 2.05) is 6.92 Å². The van der Waals surface area contributed by atoms with Gasteiger partial charge in [0.1, 0.15) is 0 Å². The summed E-state index contributed by atoms with van der Waals surface area (Å²) in [5.41, 5.74) is 5.66. The van der Waals surface area contributed by atoms with Gasteiger partial charge in [0.15, 0.2) is 0 Å². The van der Waals surface area contributed by atoms with E-state index in [-0.39, 0.29) is 24.1 Å². The lowest BCUT2D eigenvalue weighted by molar-refractivity contribution is 0.144. The first kappa shape index (κ1) is 14.8. The molecule has 2 unspecified atom stereocenters. The molecule has 7 nitrogen and oxygen atoms in total. The van der Waals surface area contributed by atoms with Crippen LogP contribution in [-0.2, 0) is 0 Å². The average Bonchev–Trinajstić information content (AvgIpc) is 2.61. The molecule has 1 heterocycles. The van der Waals surface area contributed by atoms with E-state index in [0.717, 1.165) is 38.5 Å². The first-order valence-electron chi connectivity index (χ1n) is 7.28. The van der Waals surface area contributed by atoms with Gasteiger partial charge in [-0.3, -0.25) is 0 Å². The second-order valence-electron chi connectivity index (χ2n) is 5.10. The van der Waals surface area contributed by atoms with E-state index < -0.39 is 0 Å². The molecule has 0 amide bonds. The Kier molecular flexibility index (Phi) is 5.34. The molecule has 2 rings (SSSR count). The molecule has 0 spiro atoms. The van der Waals surface area contributed by atoms with Crippen molar-refractivity contribution in [1.82, 2.24) is 15.0 Å². The highest BCUT2D eigenvalue weighted by atomic mass is 16.5. The van der Waals surface area contributed by atoms with Crippen molar-refractivity contribution >= 4 is 11.9 Å². The number of aliphatic hydroxyl groups excluding tert-OH is 1. The quantitative estimate of drug-likeness (QED) is 0.699. The minimum atomic E-state index is -0.379. The molecule has 4 N–H and O–H groups in total. The van der Waals surface area contributed by atoms with E-state index in [1.54, 1.807) is 0 Å². The maximum absolute atomic E-state index is 10.1. The zero-order valence-electron chi connectivity index (χ0n) is 11.9. The Hall–Kier alpha value is -1.63. The minimum Gasteiger partial charge on any atom is -0.463 e. The van der Waals surface area contributed by atoms with Crippen LogP contribution < -0.4 is 15.8 Å². The summed E-state index contributed by atoms with van der Waals surface area (Å²) in [6, 6.07) is 0.184. The summed E-state index contributed by atoms with van der Waals surface area (Å²) in [4.78, 5) is 12.2. The molecular weight excluding hydrogens is 258 g/mol. The molecule has 1 aliphatic carbocycles. The highest BCUT2D eigenvalue weighted by Crippen LogP contribution is 2.21. The van der Waals surface area contributed by atoms with Crippen molar-refractivity contribution in [2.24, 2.45) is 0 Å². The van der Waals surface area contributed by atoms with Crippen molar-refractivity contribution in [2.75, 3.05) is 17.7 Å². The van der Waals surface area contributed by atoms with Crippen molar-refractivity contribution < 1.29 is 9.84 Å². The molecule has 0 aromatic carbocycles. The van der Waals surface area contributed by atoms with E-state index in [4.69, 9.17) is 10.5 Å². The average molecular weight is 281 g/mol. The van der Waals surface area contributed by atoms with Gasteiger partial charge in [-0.1, -0.05) is 26.2 Å². The van der Waals surface area contributed by atoms with Crippen LogP contribution in [-0.4, -0.2) is 38.8 Å². The third-order valence-electron chi connectivity index (χ3n) is 3.36. The molecule has 1 aliphatic rings. The van der Waals surface area contributed by atoms with E-state index in [2.05, 4.69) is 20.3 Å². The summed E-state index contributed by atoms with van der Waals surface area (Å²) in [6.07, 6.45) is 5.50. The second-order valence-corrected chi connectivity index (χ2v) is 5.10. The molecule has 0 saturated heterocycles. The van der Waals surface area contributed by atoms with Gasteiger partial charge in [-0.05, 0) is 19.3 Å². The fourth-order valence-corrected chi connectivity index (χ4v) is 2.32.